The fourth-order valence-electron chi connectivity index (χ4n) is 4.18. The Balaban J connectivity index is 1.32. The van der Waals surface area contributed by atoms with Crippen molar-refractivity contribution in [3.63, 3.8) is 0 Å². The third-order valence-electron chi connectivity index (χ3n) is 6.26. The average Bonchev–Trinajstić information content (AvgIpc) is 2.89. The summed E-state index contributed by atoms with van der Waals surface area (Å²) in [7, 11) is 0. The molecule has 3 aromatic rings. The molecule has 1 heterocycles. The Labute approximate surface area is 208 Å². The molecule has 0 N–H and O–H groups in total. The summed E-state index contributed by atoms with van der Waals surface area (Å²) in [5.41, 5.74) is 4.68. The standard InChI is InChI=1S/C30H34N2O3/c1-3-34-29-21-25(13-15-28(29)35-23-26-10-5-4-6-11-26)14-16-30(33)32-19-17-31(18-20-32)22-27-12-8-7-9-24(27)2/h4-16,21H,3,17-20,22-23H2,1-2H3/b16-14+. The Morgan fingerprint density at radius 3 is 2.37 bits per heavy atom. The normalized spacial score (nSPS) is 14.3. The first-order chi connectivity index (χ1) is 17.1. The first-order valence-corrected chi connectivity index (χ1v) is 12.3. The summed E-state index contributed by atoms with van der Waals surface area (Å²) in [5, 5.41) is 0. The number of benzene rings is 3. The third kappa shape index (κ3) is 6.96. The van der Waals surface area contributed by atoms with Gasteiger partial charge in [-0.15, -0.1) is 0 Å². The molecule has 182 valence electrons. The van der Waals surface area contributed by atoms with Crippen LogP contribution in [0.4, 0.5) is 0 Å². The van der Waals surface area contributed by atoms with Gasteiger partial charge in [-0.25, -0.2) is 0 Å². The second-order valence-electron chi connectivity index (χ2n) is 8.77. The maximum Gasteiger partial charge on any atom is 0.246 e. The number of ether oxygens (including phenoxy) is 2. The summed E-state index contributed by atoms with van der Waals surface area (Å²) >= 11 is 0. The van der Waals surface area contributed by atoms with Crippen LogP contribution in [0.1, 0.15) is 29.2 Å². The van der Waals surface area contributed by atoms with Crippen molar-refractivity contribution in [2.45, 2.75) is 27.0 Å². The molecule has 0 saturated carbocycles. The molecule has 1 amide bonds. The lowest BCUT2D eigenvalue weighted by Crippen LogP contribution is -2.47. The van der Waals surface area contributed by atoms with E-state index in [9.17, 15) is 4.79 Å². The number of nitrogens with zero attached hydrogens (tertiary/aromatic N) is 2. The highest BCUT2D eigenvalue weighted by Crippen LogP contribution is 2.30. The van der Waals surface area contributed by atoms with Gasteiger partial charge in [0.1, 0.15) is 6.61 Å². The molecule has 0 atom stereocenters. The van der Waals surface area contributed by atoms with E-state index in [1.807, 2.05) is 66.4 Å². The fraction of sp³-hybridized carbons (Fsp3) is 0.300. The molecule has 1 fully saturated rings. The minimum absolute atomic E-state index is 0.0444. The minimum atomic E-state index is 0.0444. The van der Waals surface area contributed by atoms with Crippen LogP contribution in [-0.4, -0.2) is 48.5 Å². The van der Waals surface area contributed by atoms with E-state index in [-0.39, 0.29) is 5.91 Å². The number of amides is 1. The maximum atomic E-state index is 12.8. The van der Waals surface area contributed by atoms with E-state index < -0.39 is 0 Å². The second kappa shape index (κ2) is 12.2. The van der Waals surface area contributed by atoms with E-state index in [2.05, 4.69) is 36.1 Å². The molecule has 4 rings (SSSR count). The van der Waals surface area contributed by atoms with Crippen LogP contribution in [0.5, 0.6) is 11.5 Å². The lowest BCUT2D eigenvalue weighted by Gasteiger charge is -2.34. The van der Waals surface area contributed by atoms with Crippen molar-refractivity contribution in [2.75, 3.05) is 32.8 Å². The monoisotopic (exact) mass is 470 g/mol. The SMILES string of the molecule is CCOc1cc(/C=C/C(=O)N2CCN(Cc3ccccc3C)CC2)ccc1OCc1ccccc1. The molecule has 3 aromatic carbocycles. The Morgan fingerprint density at radius 1 is 0.886 bits per heavy atom. The zero-order valence-electron chi connectivity index (χ0n) is 20.7. The molecule has 5 heteroatoms. The van der Waals surface area contributed by atoms with Crippen LogP contribution in [0.3, 0.4) is 0 Å². The molecule has 0 aromatic heterocycles. The highest BCUT2D eigenvalue weighted by molar-refractivity contribution is 5.92. The van der Waals surface area contributed by atoms with E-state index in [1.54, 1.807) is 6.08 Å². The van der Waals surface area contributed by atoms with Gasteiger partial charge in [0, 0.05) is 38.8 Å². The minimum Gasteiger partial charge on any atom is -0.490 e. The van der Waals surface area contributed by atoms with Crippen molar-refractivity contribution in [3.05, 3.63) is 101 Å². The largest absolute Gasteiger partial charge is 0.490 e. The van der Waals surface area contributed by atoms with Crippen LogP contribution in [0, 0.1) is 6.92 Å². The van der Waals surface area contributed by atoms with Crippen LogP contribution in [0.2, 0.25) is 0 Å². The molecule has 0 aliphatic carbocycles. The van der Waals surface area contributed by atoms with Gasteiger partial charge < -0.3 is 14.4 Å². The van der Waals surface area contributed by atoms with Crippen LogP contribution >= 0.6 is 0 Å². The molecule has 0 unspecified atom stereocenters. The molecule has 1 aliphatic rings. The smallest absolute Gasteiger partial charge is 0.246 e. The Bertz CT molecular complexity index is 1140. The molecule has 35 heavy (non-hydrogen) atoms. The van der Waals surface area contributed by atoms with E-state index in [4.69, 9.17) is 9.47 Å². The number of rotatable bonds is 9. The van der Waals surface area contributed by atoms with E-state index >= 15 is 0 Å². The van der Waals surface area contributed by atoms with Crippen LogP contribution < -0.4 is 9.47 Å². The van der Waals surface area contributed by atoms with E-state index in [1.165, 1.54) is 11.1 Å². The molecule has 0 radical (unpaired) electrons. The maximum absolute atomic E-state index is 12.8. The van der Waals surface area contributed by atoms with Gasteiger partial charge in [-0.3, -0.25) is 9.69 Å². The van der Waals surface area contributed by atoms with Crippen molar-refractivity contribution in [2.24, 2.45) is 0 Å². The number of hydrogen-bond acceptors (Lipinski definition) is 4. The van der Waals surface area contributed by atoms with E-state index in [0.29, 0.717) is 24.7 Å². The first-order valence-electron chi connectivity index (χ1n) is 12.3. The summed E-state index contributed by atoms with van der Waals surface area (Å²) in [6, 6.07) is 24.3. The summed E-state index contributed by atoms with van der Waals surface area (Å²) in [6.45, 7) is 9.31. The Kier molecular flexibility index (Phi) is 8.58. The van der Waals surface area contributed by atoms with Crippen molar-refractivity contribution in [3.8, 4) is 11.5 Å². The number of hydrogen-bond donors (Lipinski definition) is 0. The van der Waals surface area contributed by atoms with Crippen molar-refractivity contribution < 1.29 is 14.3 Å². The second-order valence-corrected chi connectivity index (χ2v) is 8.77. The van der Waals surface area contributed by atoms with Crippen molar-refractivity contribution in [1.82, 2.24) is 9.80 Å². The fourth-order valence-corrected chi connectivity index (χ4v) is 4.18. The zero-order valence-corrected chi connectivity index (χ0v) is 20.7. The Hall–Kier alpha value is -3.57. The van der Waals surface area contributed by atoms with E-state index in [0.717, 1.165) is 43.9 Å². The van der Waals surface area contributed by atoms with Gasteiger partial charge in [-0.05, 0) is 54.3 Å². The summed E-state index contributed by atoms with van der Waals surface area (Å²) < 4.78 is 11.8. The molecule has 1 saturated heterocycles. The van der Waals surface area contributed by atoms with Gasteiger partial charge in [0.2, 0.25) is 5.91 Å². The third-order valence-corrected chi connectivity index (χ3v) is 6.26. The summed E-state index contributed by atoms with van der Waals surface area (Å²) in [6.07, 6.45) is 3.51. The van der Waals surface area contributed by atoms with Gasteiger partial charge in [-0.1, -0.05) is 60.7 Å². The number of carbonyl (C=O) groups is 1. The summed E-state index contributed by atoms with van der Waals surface area (Å²) in [4.78, 5) is 17.1. The van der Waals surface area contributed by atoms with Crippen molar-refractivity contribution in [1.29, 1.82) is 0 Å². The molecular weight excluding hydrogens is 436 g/mol. The molecule has 0 bridgehead atoms. The summed E-state index contributed by atoms with van der Waals surface area (Å²) in [5.74, 6) is 1.43. The molecule has 1 aliphatic heterocycles. The van der Waals surface area contributed by atoms with Gasteiger partial charge >= 0.3 is 0 Å². The van der Waals surface area contributed by atoms with Gasteiger partial charge in [-0.2, -0.15) is 0 Å². The lowest BCUT2D eigenvalue weighted by atomic mass is 10.1. The van der Waals surface area contributed by atoms with Crippen molar-refractivity contribution >= 4 is 12.0 Å². The highest BCUT2D eigenvalue weighted by Gasteiger charge is 2.20. The molecular formula is C30H34N2O3. The lowest BCUT2D eigenvalue weighted by molar-refractivity contribution is -0.127. The Morgan fingerprint density at radius 2 is 1.63 bits per heavy atom. The van der Waals surface area contributed by atoms with Crippen LogP contribution in [-0.2, 0) is 17.9 Å². The van der Waals surface area contributed by atoms with Gasteiger partial charge in [0.05, 0.1) is 6.61 Å². The average molecular weight is 471 g/mol. The predicted octanol–water partition coefficient (Wildman–Crippen LogP) is 5.33. The van der Waals surface area contributed by atoms with Crippen LogP contribution in [0.25, 0.3) is 6.08 Å². The van der Waals surface area contributed by atoms with Gasteiger partial charge in [0.25, 0.3) is 0 Å². The number of carbonyl (C=O) groups excluding carboxylic acids is 1. The number of piperazine rings is 1. The predicted molar refractivity (Wildman–Crippen MR) is 140 cm³/mol. The van der Waals surface area contributed by atoms with Crippen LogP contribution in [0.15, 0.2) is 78.9 Å². The van der Waals surface area contributed by atoms with Gasteiger partial charge in [0.15, 0.2) is 11.5 Å². The topological polar surface area (TPSA) is 42.0 Å². The zero-order chi connectivity index (χ0) is 24.5. The quantitative estimate of drug-likeness (QED) is 0.397. The molecule has 5 nitrogen and oxygen atoms in total. The molecule has 0 spiro atoms. The number of aryl methyl sites for hydroxylation is 1. The highest BCUT2D eigenvalue weighted by atomic mass is 16.5. The first kappa shape index (κ1) is 24.6.